The number of halogens is 1. The van der Waals surface area contributed by atoms with Gasteiger partial charge in [-0.3, -0.25) is 9.59 Å². The van der Waals surface area contributed by atoms with Crippen molar-refractivity contribution < 1.29 is 23.1 Å². The predicted octanol–water partition coefficient (Wildman–Crippen LogP) is 2.78. The van der Waals surface area contributed by atoms with E-state index in [2.05, 4.69) is 15.0 Å². The van der Waals surface area contributed by atoms with E-state index < -0.39 is 10.0 Å². The zero-order valence-electron chi connectivity index (χ0n) is 19.5. The van der Waals surface area contributed by atoms with Crippen molar-refractivity contribution in [1.29, 1.82) is 0 Å². The summed E-state index contributed by atoms with van der Waals surface area (Å²) < 4.78 is 33.0. The number of aldehydes is 1. The van der Waals surface area contributed by atoms with Crippen molar-refractivity contribution in [3.8, 4) is 5.75 Å². The van der Waals surface area contributed by atoms with Crippen LogP contribution in [-0.2, 0) is 21.2 Å². The van der Waals surface area contributed by atoms with Crippen LogP contribution in [0.3, 0.4) is 0 Å². The van der Waals surface area contributed by atoms with Crippen molar-refractivity contribution in [3.05, 3.63) is 57.2 Å². The first-order valence-electron chi connectivity index (χ1n) is 11.2. The third-order valence-corrected chi connectivity index (χ3v) is 8.56. The molecular weight excluding hydrogens is 546 g/mol. The molecule has 0 spiro atoms. The maximum atomic E-state index is 12.1. The Morgan fingerprint density at radius 1 is 1.11 bits per heavy atom. The molecule has 1 aromatic heterocycles. The Bertz CT molecular complexity index is 1280. The lowest BCUT2D eigenvalue weighted by atomic mass is 10.1. The van der Waals surface area contributed by atoms with Crippen LogP contribution in [-0.4, -0.2) is 69.1 Å². The molecule has 13 heteroatoms. The van der Waals surface area contributed by atoms with E-state index in [0.717, 1.165) is 32.8 Å². The first-order valence-corrected chi connectivity index (χ1v) is 14.6. The summed E-state index contributed by atoms with van der Waals surface area (Å²) in [6, 6.07) is 10.7. The number of ether oxygens (including phenoxy) is 1. The summed E-state index contributed by atoms with van der Waals surface area (Å²) in [6.45, 7) is 2.11. The fourth-order valence-corrected chi connectivity index (χ4v) is 6.21. The minimum Gasteiger partial charge on any atom is -0.506 e. The smallest absolute Gasteiger partial charge is 0.305 e. The number of sulfonamides is 1. The normalized spacial score (nSPS) is 11.4. The highest BCUT2D eigenvalue weighted by Gasteiger charge is 2.11. The average Bonchev–Trinajstić information content (AvgIpc) is 3.24. The van der Waals surface area contributed by atoms with Crippen molar-refractivity contribution >= 4 is 62.0 Å². The number of phenolic OH excluding ortho intramolecular Hbond substituents is 1. The van der Waals surface area contributed by atoms with Crippen LogP contribution in [0.5, 0.6) is 5.75 Å². The van der Waals surface area contributed by atoms with Crippen molar-refractivity contribution in [2.24, 2.45) is 0 Å². The number of carbonyl (C=O) groups excluding carboxylic acids is 1. The van der Waals surface area contributed by atoms with Gasteiger partial charge in [-0.25, -0.2) is 13.1 Å². The number of rotatable bonds is 16. The highest BCUT2D eigenvalue weighted by molar-refractivity contribution is 7.99. The fraction of sp³-hybridized carbons (Fsp3) is 0.391. The first kappa shape index (κ1) is 30.3. The second-order valence-corrected chi connectivity index (χ2v) is 11.7. The zero-order chi connectivity index (χ0) is 25.1. The quantitative estimate of drug-likeness (QED) is 0.116. The largest absolute Gasteiger partial charge is 0.506 e. The zero-order valence-corrected chi connectivity index (χ0v) is 22.8. The molecule has 0 bridgehead atoms. The molecule has 0 aliphatic rings. The van der Waals surface area contributed by atoms with Gasteiger partial charge in [0.05, 0.1) is 23.7 Å². The van der Waals surface area contributed by atoms with Gasteiger partial charge in [-0.1, -0.05) is 35.6 Å². The Balaban J connectivity index is 0.00000456. The van der Waals surface area contributed by atoms with E-state index >= 15 is 0 Å². The molecule has 0 aliphatic heterocycles. The topological polar surface area (TPSA) is 138 Å². The maximum absolute atomic E-state index is 12.1. The number of hydrogen-bond acceptors (Lipinski definition) is 9. The summed E-state index contributed by atoms with van der Waals surface area (Å²) >= 11 is 2.59. The SMILES string of the molecule is Cl.O=Cc1ccccc1SCCOCCNS(=O)(=O)CCCNCCc1ccc(O)c2[nH]c(=O)sc12. The van der Waals surface area contributed by atoms with Gasteiger partial charge in [-0.15, -0.1) is 24.2 Å². The van der Waals surface area contributed by atoms with Gasteiger partial charge >= 0.3 is 4.87 Å². The Morgan fingerprint density at radius 2 is 1.92 bits per heavy atom. The van der Waals surface area contributed by atoms with Gasteiger partial charge in [-0.2, -0.15) is 0 Å². The number of carbonyl (C=O) groups is 1. The second kappa shape index (κ2) is 15.4. The number of H-pyrrole nitrogens is 1. The number of thioether (sulfide) groups is 1. The third-order valence-electron chi connectivity index (χ3n) is 5.08. The van der Waals surface area contributed by atoms with E-state index in [0.29, 0.717) is 49.4 Å². The lowest BCUT2D eigenvalue weighted by Crippen LogP contribution is -2.31. The van der Waals surface area contributed by atoms with Crippen molar-refractivity contribution in [2.45, 2.75) is 17.7 Å². The molecule has 3 rings (SSSR count). The molecule has 0 saturated heterocycles. The molecule has 4 N–H and O–H groups in total. The summed E-state index contributed by atoms with van der Waals surface area (Å²) in [5.41, 5.74) is 2.06. The van der Waals surface area contributed by atoms with Gasteiger partial charge in [0.2, 0.25) is 10.0 Å². The average molecular weight is 576 g/mol. The Kier molecular flexibility index (Phi) is 12.9. The molecule has 198 valence electrons. The van der Waals surface area contributed by atoms with Gasteiger partial charge < -0.3 is 20.1 Å². The minimum atomic E-state index is -3.38. The van der Waals surface area contributed by atoms with E-state index in [9.17, 15) is 23.1 Å². The summed E-state index contributed by atoms with van der Waals surface area (Å²) in [5, 5.41) is 13.1. The van der Waals surface area contributed by atoms with Gasteiger partial charge in [-0.05, 0) is 43.6 Å². The lowest BCUT2D eigenvalue weighted by Gasteiger charge is -2.09. The minimum absolute atomic E-state index is 0. The molecule has 0 radical (unpaired) electrons. The van der Waals surface area contributed by atoms with Crippen LogP contribution in [0.4, 0.5) is 0 Å². The van der Waals surface area contributed by atoms with Crippen LogP contribution in [0, 0.1) is 0 Å². The summed E-state index contributed by atoms with van der Waals surface area (Å²) in [6.07, 6.45) is 1.95. The van der Waals surface area contributed by atoms with Gasteiger partial charge in [0.1, 0.15) is 11.3 Å². The number of nitrogens with one attached hydrogen (secondary N) is 3. The monoisotopic (exact) mass is 575 g/mol. The number of thiazole rings is 1. The summed E-state index contributed by atoms with van der Waals surface area (Å²) in [5.74, 6) is 0.737. The van der Waals surface area contributed by atoms with Gasteiger partial charge in [0, 0.05) is 22.8 Å². The number of fused-ring (bicyclic) bond motifs is 1. The molecule has 0 amide bonds. The molecule has 9 nitrogen and oxygen atoms in total. The molecule has 1 heterocycles. The van der Waals surface area contributed by atoms with Crippen molar-refractivity contribution in [3.63, 3.8) is 0 Å². The van der Waals surface area contributed by atoms with Crippen LogP contribution >= 0.6 is 35.5 Å². The van der Waals surface area contributed by atoms with E-state index in [4.69, 9.17) is 4.74 Å². The first-order chi connectivity index (χ1) is 16.9. The lowest BCUT2D eigenvalue weighted by molar-refractivity contribution is 0.112. The number of phenols is 1. The van der Waals surface area contributed by atoms with E-state index in [-0.39, 0.29) is 41.9 Å². The second-order valence-electron chi connectivity index (χ2n) is 7.65. The predicted molar refractivity (Wildman–Crippen MR) is 148 cm³/mol. The van der Waals surface area contributed by atoms with Crippen LogP contribution in [0.1, 0.15) is 22.3 Å². The Morgan fingerprint density at radius 3 is 2.72 bits per heavy atom. The highest BCUT2D eigenvalue weighted by Crippen LogP contribution is 2.27. The van der Waals surface area contributed by atoms with Crippen molar-refractivity contribution in [2.75, 3.05) is 44.4 Å². The Hall–Kier alpha value is -1.93. The number of hydrogen-bond donors (Lipinski definition) is 4. The highest BCUT2D eigenvalue weighted by atomic mass is 35.5. The number of aromatic hydroxyl groups is 1. The van der Waals surface area contributed by atoms with E-state index in [1.165, 1.54) is 11.8 Å². The molecule has 0 saturated carbocycles. The molecule has 2 aromatic carbocycles. The van der Waals surface area contributed by atoms with Gasteiger partial charge in [0.15, 0.2) is 6.29 Å². The van der Waals surface area contributed by atoms with Crippen LogP contribution in [0.15, 0.2) is 46.1 Å². The fourth-order valence-electron chi connectivity index (χ4n) is 3.37. The molecule has 0 unspecified atom stereocenters. The molecule has 0 aliphatic carbocycles. The maximum Gasteiger partial charge on any atom is 0.305 e. The number of aromatic nitrogens is 1. The van der Waals surface area contributed by atoms with E-state index in [1.807, 2.05) is 18.2 Å². The standard InChI is InChI=1S/C23H29N3O6S3.ClH/c27-16-18-4-1-2-5-20(18)33-14-13-32-12-11-25-35(30,31)15-3-9-24-10-8-17-6-7-19(28)21-22(17)34-23(29)26-21;/h1-2,4-7,16,24-25,28H,3,8-15H2,(H,26,29);1H. The summed E-state index contributed by atoms with van der Waals surface area (Å²) in [4.78, 5) is 25.9. The van der Waals surface area contributed by atoms with Gasteiger partial charge in [0.25, 0.3) is 0 Å². The van der Waals surface area contributed by atoms with Crippen LogP contribution in [0.2, 0.25) is 0 Å². The third kappa shape index (κ3) is 9.51. The molecule has 3 aromatic rings. The van der Waals surface area contributed by atoms with Crippen molar-refractivity contribution in [1.82, 2.24) is 15.0 Å². The number of benzene rings is 2. The molecule has 0 fully saturated rings. The summed E-state index contributed by atoms with van der Waals surface area (Å²) in [7, 11) is -3.38. The molecule has 36 heavy (non-hydrogen) atoms. The van der Waals surface area contributed by atoms with E-state index in [1.54, 1.807) is 18.2 Å². The number of aromatic amines is 1. The Labute approximate surface area is 224 Å². The van der Waals surface area contributed by atoms with Crippen LogP contribution < -0.4 is 14.9 Å². The molecular formula is C23H30ClN3O6S3. The molecule has 0 atom stereocenters. The van der Waals surface area contributed by atoms with Crippen LogP contribution in [0.25, 0.3) is 10.2 Å².